The Balaban J connectivity index is 2.60. The van der Waals surface area contributed by atoms with Gasteiger partial charge >= 0.3 is 12.0 Å². The van der Waals surface area contributed by atoms with Gasteiger partial charge in [-0.1, -0.05) is 12.1 Å². The van der Waals surface area contributed by atoms with Crippen LogP contribution < -0.4 is 15.8 Å². The Morgan fingerprint density at radius 3 is 2.55 bits per heavy atom. The molecule has 5 N–H and O–H groups in total. The highest BCUT2D eigenvalue weighted by atomic mass is 32.2. The van der Waals surface area contributed by atoms with Crippen molar-refractivity contribution in [3.63, 3.8) is 0 Å². The zero-order chi connectivity index (χ0) is 15.2. The lowest BCUT2D eigenvalue weighted by Gasteiger charge is -2.07. The molecule has 0 aliphatic heterocycles. The first-order chi connectivity index (χ1) is 9.30. The molecular formula is C11H15N3O5S. The Morgan fingerprint density at radius 1 is 1.25 bits per heavy atom. The van der Waals surface area contributed by atoms with Gasteiger partial charge in [0.05, 0.1) is 11.3 Å². The molecule has 0 bridgehead atoms. The van der Waals surface area contributed by atoms with E-state index in [0.29, 0.717) is 5.56 Å². The maximum Gasteiger partial charge on any atom is 0.335 e. The molecule has 0 heterocycles. The number of primary amides is 1. The molecule has 1 aromatic carbocycles. The zero-order valence-corrected chi connectivity index (χ0v) is 11.3. The maximum absolute atomic E-state index is 11.7. The minimum Gasteiger partial charge on any atom is -0.478 e. The number of rotatable bonds is 7. The number of sulfonamides is 1. The molecule has 0 fully saturated rings. The standard InChI is InChI=1S/C11H15N3O5S/c12-11(17)13-4-5-14-20(18,19)7-8-2-1-3-9(6-8)10(15)16/h1-3,6,14H,4-5,7H2,(H,15,16)(H3,12,13,17). The molecule has 1 aromatic rings. The van der Waals surface area contributed by atoms with E-state index >= 15 is 0 Å². The van der Waals surface area contributed by atoms with Crippen LogP contribution in [-0.4, -0.2) is 38.6 Å². The Kier molecular flexibility index (Phi) is 5.47. The molecule has 0 unspecified atom stereocenters. The summed E-state index contributed by atoms with van der Waals surface area (Å²) < 4.78 is 25.7. The van der Waals surface area contributed by atoms with Crippen molar-refractivity contribution >= 4 is 22.0 Å². The number of nitrogens with two attached hydrogens (primary N) is 1. The van der Waals surface area contributed by atoms with Gasteiger partial charge in [-0.3, -0.25) is 0 Å². The van der Waals surface area contributed by atoms with E-state index in [2.05, 4.69) is 10.0 Å². The summed E-state index contributed by atoms with van der Waals surface area (Å²) in [5.74, 6) is -1.46. The molecule has 8 nitrogen and oxygen atoms in total. The summed E-state index contributed by atoms with van der Waals surface area (Å²) in [7, 11) is -3.61. The molecule has 0 aliphatic rings. The first-order valence-electron chi connectivity index (χ1n) is 5.63. The fraction of sp³-hybridized carbons (Fsp3) is 0.273. The maximum atomic E-state index is 11.7. The number of urea groups is 1. The molecule has 0 aromatic heterocycles. The van der Waals surface area contributed by atoms with Crippen molar-refractivity contribution in [2.24, 2.45) is 5.73 Å². The second-order valence-corrected chi connectivity index (χ2v) is 5.76. The molecule has 0 radical (unpaired) electrons. The zero-order valence-electron chi connectivity index (χ0n) is 10.5. The lowest BCUT2D eigenvalue weighted by atomic mass is 10.1. The van der Waals surface area contributed by atoms with Crippen LogP contribution in [0.4, 0.5) is 4.79 Å². The number of nitrogens with one attached hydrogen (secondary N) is 2. The van der Waals surface area contributed by atoms with Crippen LogP contribution in [-0.2, 0) is 15.8 Å². The van der Waals surface area contributed by atoms with Crippen molar-refractivity contribution in [3.8, 4) is 0 Å². The highest BCUT2D eigenvalue weighted by Gasteiger charge is 2.12. The van der Waals surface area contributed by atoms with Crippen LogP contribution in [0.15, 0.2) is 24.3 Å². The van der Waals surface area contributed by atoms with Crippen LogP contribution in [0.1, 0.15) is 15.9 Å². The molecular weight excluding hydrogens is 286 g/mol. The summed E-state index contributed by atoms with van der Waals surface area (Å²) in [6, 6.07) is 4.93. The predicted octanol–water partition coefficient (Wildman–Crippen LogP) is -0.527. The van der Waals surface area contributed by atoms with E-state index in [1.54, 1.807) is 0 Å². The molecule has 0 saturated heterocycles. The fourth-order valence-electron chi connectivity index (χ4n) is 1.46. The van der Waals surface area contributed by atoms with E-state index in [9.17, 15) is 18.0 Å². The second-order valence-electron chi connectivity index (χ2n) is 3.95. The van der Waals surface area contributed by atoms with Crippen LogP contribution >= 0.6 is 0 Å². The van der Waals surface area contributed by atoms with Crippen molar-refractivity contribution in [1.82, 2.24) is 10.0 Å². The Bertz CT molecular complexity index is 600. The third-order valence-corrected chi connectivity index (χ3v) is 3.63. The van der Waals surface area contributed by atoms with Crippen molar-refractivity contribution in [2.75, 3.05) is 13.1 Å². The first kappa shape index (κ1) is 15.9. The smallest absolute Gasteiger partial charge is 0.335 e. The number of carbonyl (C=O) groups excluding carboxylic acids is 1. The topological polar surface area (TPSA) is 139 Å². The third-order valence-electron chi connectivity index (χ3n) is 2.28. The van der Waals surface area contributed by atoms with Gasteiger partial charge in [0, 0.05) is 13.1 Å². The molecule has 1 rings (SSSR count). The number of hydrogen-bond acceptors (Lipinski definition) is 4. The van der Waals surface area contributed by atoms with Crippen molar-refractivity contribution in [3.05, 3.63) is 35.4 Å². The highest BCUT2D eigenvalue weighted by Crippen LogP contribution is 2.08. The van der Waals surface area contributed by atoms with Crippen molar-refractivity contribution in [1.29, 1.82) is 0 Å². The van der Waals surface area contributed by atoms with Crippen LogP contribution in [0.25, 0.3) is 0 Å². The monoisotopic (exact) mass is 301 g/mol. The van der Waals surface area contributed by atoms with Gasteiger partial charge in [0.15, 0.2) is 0 Å². The van der Waals surface area contributed by atoms with E-state index in [4.69, 9.17) is 10.8 Å². The second kappa shape index (κ2) is 6.87. The van der Waals surface area contributed by atoms with Crippen molar-refractivity contribution in [2.45, 2.75) is 5.75 Å². The lowest BCUT2D eigenvalue weighted by Crippen LogP contribution is -2.37. The van der Waals surface area contributed by atoms with Gasteiger partial charge in [0.1, 0.15) is 0 Å². The number of carboxylic acid groups (broad SMARTS) is 1. The normalized spacial score (nSPS) is 11.0. The molecule has 110 valence electrons. The van der Waals surface area contributed by atoms with Gasteiger partial charge in [0.25, 0.3) is 0 Å². The van der Waals surface area contributed by atoms with Crippen LogP contribution in [0.5, 0.6) is 0 Å². The summed E-state index contributed by atoms with van der Waals surface area (Å²) in [6.45, 7) is 0.0770. The van der Waals surface area contributed by atoms with Gasteiger partial charge in [-0.2, -0.15) is 0 Å². The SMILES string of the molecule is NC(=O)NCCNS(=O)(=O)Cc1cccc(C(=O)O)c1. The van der Waals surface area contributed by atoms with Crippen molar-refractivity contribution < 1.29 is 23.1 Å². The summed E-state index contributed by atoms with van der Waals surface area (Å²) >= 11 is 0. The Hall–Kier alpha value is -2.13. The van der Waals surface area contributed by atoms with Crippen LogP contribution in [0.3, 0.4) is 0 Å². The molecule has 0 saturated carbocycles. The van der Waals surface area contributed by atoms with Crippen LogP contribution in [0.2, 0.25) is 0 Å². The fourth-order valence-corrected chi connectivity index (χ4v) is 2.59. The molecule has 0 spiro atoms. The first-order valence-corrected chi connectivity index (χ1v) is 7.28. The Morgan fingerprint density at radius 2 is 1.95 bits per heavy atom. The number of benzene rings is 1. The average molecular weight is 301 g/mol. The van der Waals surface area contributed by atoms with Crippen LogP contribution in [0, 0.1) is 0 Å². The van der Waals surface area contributed by atoms with E-state index < -0.39 is 22.0 Å². The van der Waals surface area contributed by atoms with Gasteiger partial charge < -0.3 is 16.2 Å². The summed E-state index contributed by atoms with van der Waals surface area (Å²) in [6.07, 6.45) is 0. The molecule has 2 amide bonds. The number of hydrogen-bond donors (Lipinski definition) is 4. The predicted molar refractivity (Wildman–Crippen MR) is 71.6 cm³/mol. The van der Waals surface area contributed by atoms with E-state index in [0.717, 1.165) is 0 Å². The number of aromatic carboxylic acids is 1. The van der Waals surface area contributed by atoms with Gasteiger partial charge in [-0.25, -0.2) is 22.7 Å². The summed E-state index contributed by atoms with van der Waals surface area (Å²) in [5.41, 5.74) is 5.21. The minimum atomic E-state index is -3.61. The lowest BCUT2D eigenvalue weighted by molar-refractivity contribution is 0.0696. The molecule has 0 aliphatic carbocycles. The average Bonchev–Trinajstić information content (AvgIpc) is 2.34. The van der Waals surface area contributed by atoms with E-state index in [-0.39, 0.29) is 24.4 Å². The van der Waals surface area contributed by atoms with Gasteiger partial charge in [0.2, 0.25) is 10.0 Å². The minimum absolute atomic E-state index is 0.00386. The summed E-state index contributed by atoms with van der Waals surface area (Å²) in [5, 5.41) is 11.1. The molecule has 9 heteroatoms. The highest BCUT2D eigenvalue weighted by molar-refractivity contribution is 7.88. The largest absolute Gasteiger partial charge is 0.478 e. The molecule has 20 heavy (non-hydrogen) atoms. The summed E-state index contributed by atoms with van der Waals surface area (Å²) in [4.78, 5) is 21.2. The molecule has 0 atom stereocenters. The third kappa shape index (κ3) is 5.67. The van der Waals surface area contributed by atoms with E-state index in [1.165, 1.54) is 24.3 Å². The van der Waals surface area contributed by atoms with E-state index in [1.807, 2.05) is 0 Å². The number of carboxylic acids is 1. The number of carbonyl (C=O) groups is 2. The number of amides is 2. The van der Waals surface area contributed by atoms with Gasteiger partial charge in [-0.05, 0) is 17.7 Å². The quantitative estimate of drug-likeness (QED) is 0.501. The van der Waals surface area contributed by atoms with Gasteiger partial charge in [-0.15, -0.1) is 0 Å². The Labute approximate surface area is 116 Å².